The van der Waals surface area contributed by atoms with Crippen LogP contribution in [0.5, 0.6) is 0 Å². The van der Waals surface area contributed by atoms with Gasteiger partial charge in [-0.05, 0) is 24.1 Å². The molecule has 0 saturated heterocycles. The minimum atomic E-state index is -0.480. The summed E-state index contributed by atoms with van der Waals surface area (Å²) in [6.45, 7) is 4.83. The fraction of sp³-hybridized carbons (Fsp3) is 0.467. The van der Waals surface area contributed by atoms with E-state index in [1.807, 2.05) is 13.8 Å². The lowest BCUT2D eigenvalue weighted by Crippen LogP contribution is -2.37. The van der Waals surface area contributed by atoms with Gasteiger partial charge in [-0.3, -0.25) is 4.79 Å². The molecule has 1 amide bonds. The monoisotopic (exact) mass is 293 g/mol. The maximum Gasteiger partial charge on any atom is 0.340 e. The number of rotatable bonds is 6. The van der Waals surface area contributed by atoms with E-state index in [0.29, 0.717) is 29.4 Å². The van der Waals surface area contributed by atoms with Crippen molar-refractivity contribution in [1.82, 2.24) is 5.32 Å². The van der Waals surface area contributed by atoms with Crippen molar-refractivity contribution in [3.05, 3.63) is 23.8 Å². The Morgan fingerprint density at radius 3 is 2.62 bits per heavy atom. The summed E-state index contributed by atoms with van der Waals surface area (Å²) in [6, 6.07) is 4.94. The lowest BCUT2D eigenvalue weighted by molar-refractivity contribution is -0.119. The minimum Gasteiger partial charge on any atom is -0.465 e. The van der Waals surface area contributed by atoms with Crippen molar-refractivity contribution in [2.45, 2.75) is 13.8 Å². The second kappa shape index (κ2) is 7.52. The number of esters is 1. The smallest absolute Gasteiger partial charge is 0.340 e. The van der Waals surface area contributed by atoms with Crippen LogP contribution < -0.4 is 16.0 Å². The Morgan fingerprint density at radius 1 is 1.38 bits per heavy atom. The molecule has 6 heteroatoms. The third-order valence-corrected chi connectivity index (χ3v) is 2.93. The first-order valence-electron chi connectivity index (χ1n) is 6.80. The zero-order valence-corrected chi connectivity index (χ0v) is 13.0. The van der Waals surface area contributed by atoms with E-state index >= 15 is 0 Å². The molecule has 0 unspecified atom stereocenters. The molecule has 0 aromatic heterocycles. The van der Waals surface area contributed by atoms with E-state index < -0.39 is 5.97 Å². The molecule has 0 aliphatic rings. The number of benzene rings is 1. The van der Waals surface area contributed by atoms with Crippen LogP contribution in [0, 0.1) is 5.92 Å². The molecule has 0 aliphatic heterocycles. The topological polar surface area (TPSA) is 84.7 Å². The van der Waals surface area contributed by atoms with Crippen LogP contribution in [0.4, 0.5) is 11.4 Å². The van der Waals surface area contributed by atoms with Crippen LogP contribution in [0.1, 0.15) is 24.2 Å². The second-order valence-electron chi connectivity index (χ2n) is 5.32. The molecule has 116 valence electrons. The molecule has 0 radical (unpaired) electrons. The van der Waals surface area contributed by atoms with Crippen molar-refractivity contribution in [2.75, 3.05) is 37.9 Å². The summed E-state index contributed by atoms with van der Waals surface area (Å²) in [4.78, 5) is 25.3. The van der Waals surface area contributed by atoms with Crippen LogP contribution in [-0.4, -0.2) is 39.1 Å². The van der Waals surface area contributed by atoms with Crippen LogP contribution in [0.25, 0.3) is 0 Å². The number of hydrogen-bond acceptors (Lipinski definition) is 5. The summed E-state index contributed by atoms with van der Waals surface area (Å²) in [5, 5.41) is 2.84. The van der Waals surface area contributed by atoms with E-state index in [1.165, 1.54) is 7.11 Å². The maximum atomic E-state index is 11.9. The van der Waals surface area contributed by atoms with Crippen LogP contribution in [-0.2, 0) is 9.53 Å². The first kappa shape index (κ1) is 16.8. The van der Waals surface area contributed by atoms with E-state index in [2.05, 4.69) is 5.32 Å². The number of amides is 1. The zero-order chi connectivity index (χ0) is 16.0. The number of nitrogens with zero attached hydrogens (tertiary/aromatic N) is 1. The van der Waals surface area contributed by atoms with Gasteiger partial charge < -0.3 is 20.7 Å². The van der Waals surface area contributed by atoms with Crippen molar-refractivity contribution in [3.8, 4) is 0 Å². The van der Waals surface area contributed by atoms with Crippen LogP contribution in [0.2, 0.25) is 0 Å². The predicted octanol–water partition coefficient (Wildman–Crippen LogP) is 1.26. The molecule has 0 saturated carbocycles. The van der Waals surface area contributed by atoms with Gasteiger partial charge in [-0.25, -0.2) is 4.79 Å². The number of nitrogen functional groups attached to an aromatic ring is 1. The number of likely N-dealkylation sites (N-methyl/N-ethyl adjacent to an activating group) is 1. The van der Waals surface area contributed by atoms with Crippen LogP contribution >= 0.6 is 0 Å². The van der Waals surface area contributed by atoms with E-state index in [4.69, 9.17) is 10.5 Å². The number of hydrogen-bond donors (Lipinski definition) is 2. The lowest BCUT2D eigenvalue weighted by Gasteiger charge is -2.21. The first-order chi connectivity index (χ1) is 9.85. The van der Waals surface area contributed by atoms with Gasteiger partial charge in [-0.2, -0.15) is 0 Å². The molecule has 0 fully saturated rings. The van der Waals surface area contributed by atoms with Crippen molar-refractivity contribution in [1.29, 1.82) is 0 Å². The van der Waals surface area contributed by atoms with Gasteiger partial charge in [0.15, 0.2) is 0 Å². The van der Waals surface area contributed by atoms with Gasteiger partial charge in [-0.15, -0.1) is 0 Å². The fourth-order valence-corrected chi connectivity index (χ4v) is 1.83. The first-order valence-corrected chi connectivity index (χ1v) is 6.80. The Kier molecular flexibility index (Phi) is 6.02. The van der Waals surface area contributed by atoms with Crippen molar-refractivity contribution in [3.63, 3.8) is 0 Å². The number of carbonyl (C=O) groups excluding carboxylic acids is 2. The molecule has 1 rings (SSSR count). The molecule has 6 nitrogen and oxygen atoms in total. The predicted molar refractivity (Wildman–Crippen MR) is 83.3 cm³/mol. The molecule has 1 aromatic carbocycles. The Labute approximate surface area is 125 Å². The SMILES string of the molecule is COC(=O)c1cc(N)ccc1N(C)CC(=O)NCC(C)C. The second-order valence-corrected chi connectivity index (χ2v) is 5.32. The number of methoxy groups -OCH3 is 1. The molecule has 0 spiro atoms. The molecule has 0 aliphatic carbocycles. The van der Waals surface area contributed by atoms with Gasteiger partial charge in [0.25, 0.3) is 0 Å². The Balaban J connectivity index is 2.84. The summed E-state index contributed by atoms with van der Waals surface area (Å²) in [6.07, 6.45) is 0. The summed E-state index contributed by atoms with van der Waals surface area (Å²) in [5.41, 5.74) is 7.12. The zero-order valence-electron chi connectivity index (χ0n) is 13.0. The highest BCUT2D eigenvalue weighted by atomic mass is 16.5. The molecule has 0 bridgehead atoms. The summed E-state index contributed by atoms with van der Waals surface area (Å²) < 4.78 is 4.74. The third kappa shape index (κ3) is 4.98. The largest absolute Gasteiger partial charge is 0.465 e. The molecule has 0 atom stereocenters. The number of nitrogens with one attached hydrogen (secondary N) is 1. The summed E-state index contributed by atoms with van der Waals surface area (Å²) in [5.74, 6) is -0.188. The summed E-state index contributed by atoms with van der Waals surface area (Å²) in [7, 11) is 3.05. The van der Waals surface area contributed by atoms with Gasteiger partial charge >= 0.3 is 5.97 Å². The summed E-state index contributed by atoms with van der Waals surface area (Å²) >= 11 is 0. The molecular formula is C15H23N3O3. The quantitative estimate of drug-likeness (QED) is 0.609. The van der Waals surface area contributed by atoms with Gasteiger partial charge in [0.05, 0.1) is 24.9 Å². The van der Waals surface area contributed by atoms with E-state index in [9.17, 15) is 9.59 Å². The van der Waals surface area contributed by atoms with E-state index in [0.717, 1.165) is 0 Å². The van der Waals surface area contributed by atoms with Crippen LogP contribution in [0.15, 0.2) is 18.2 Å². The van der Waals surface area contributed by atoms with Crippen molar-refractivity contribution < 1.29 is 14.3 Å². The van der Waals surface area contributed by atoms with E-state index in [1.54, 1.807) is 30.1 Å². The van der Waals surface area contributed by atoms with E-state index in [-0.39, 0.29) is 12.5 Å². The number of ether oxygens (including phenoxy) is 1. The number of carbonyl (C=O) groups is 2. The van der Waals surface area contributed by atoms with Crippen molar-refractivity contribution in [2.24, 2.45) is 5.92 Å². The Bertz CT molecular complexity index is 515. The highest BCUT2D eigenvalue weighted by Gasteiger charge is 2.17. The van der Waals surface area contributed by atoms with Crippen molar-refractivity contribution >= 4 is 23.3 Å². The number of nitrogens with two attached hydrogens (primary N) is 1. The van der Waals surface area contributed by atoms with Gasteiger partial charge in [-0.1, -0.05) is 13.8 Å². The highest BCUT2D eigenvalue weighted by Crippen LogP contribution is 2.22. The normalized spacial score (nSPS) is 10.3. The van der Waals surface area contributed by atoms with Gasteiger partial charge in [0, 0.05) is 19.3 Å². The average Bonchev–Trinajstić information content (AvgIpc) is 2.43. The molecule has 3 N–H and O–H groups in total. The Morgan fingerprint density at radius 2 is 2.05 bits per heavy atom. The standard InChI is InChI=1S/C15H23N3O3/c1-10(2)8-17-14(19)9-18(3)13-6-5-11(16)7-12(13)15(20)21-4/h5-7,10H,8-9,16H2,1-4H3,(H,17,19). The van der Waals surface area contributed by atoms with Gasteiger partial charge in [0.1, 0.15) is 0 Å². The molecule has 1 aromatic rings. The lowest BCUT2D eigenvalue weighted by atomic mass is 10.1. The van der Waals surface area contributed by atoms with Gasteiger partial charge in [0.2, 0.25) is 5.91 Å². The number of anilines is 2. The Hall–Kier alpha value is -2.24. The molecule has 0 heterocycles. The molecule has 21 heavy (non-hydrogen) atoms. The average molecular weight is 293 g/mol. The van der Waals surface area contributed by atoms with Crippen LogP contribution in [0.3, 0.4) is 0 Å². The molecular weight excluding hydrogens is 270 g/mol. The highest BCUT2D eigenvalue weighted by molar-refractivity contribution is 5.97. The fourth-order valence-electron chi connectivity index (χ4n) is 1.83. The third-order valence-electron chi connectivity index (χ3n) is 2.93. The minimum absolute atomic E-state index is 0.0983. The maximum absolute atomic E-state index is 11.9.